The van der Waals surface area contributed by atoms with Gasteiger partial charge in [-0.25, -0.2) is 4.79 Å². The van der Waals surface area contributed by atoms with Crippen molar-refractivity contribution in [2.24, 2.45) is 0 Å². The van der Waals surface area contributed by atoms with Crippen molar-refractivity contribution in [3.8, 4) is 0 Å². The maximum absolute atomic E-state index is 12.9. The van der Waals surface area contributed by atoms with Gasteiger partial charge in [-0.15, -0.1) is 0 Å². The Morgan fingerprint density at radius 1 is 1.07 bits per heavy atom. The second-order valence-corrected chi connectivity index (χ2v) is 6.79. The molecule has 0 saturated carbocycles. The van der Waals surface area contributed by atoms with Crippen molar-refractivity contribution in [3.63, 3.8) is 0 Å². The quantitative estimate of drug-likeness (QED) is 0.772. The summed E-state index contributed by atoms with van der Waals surface area (Å²) in [5.74, 6) is 0. The van der Waals surface area contributed by atoms with Gasteiger partial charge >= 0.3 is 12.2 Å². The summed E-state index contributed by atoms with van der Waals surface area (Å²) in [4.78, 5) is 16.2. The van der Waals surface area contributed by atoms with Crippen molar-refractivity contribution in [2.75, 3.05) is 36.4 Å². The van der Waals surface area contributed by atoms with Gasteiger partial charge in [0.15, 0.2) is 0 Å². The van der Waals surface area contributed by atoms with E-state index in [9.17, 15) is 18.0 Å². The number of piperazine rings is 1. The number of anilines is 2. The highest BCUT2D eigenvalue weighted by atomic mass is 35.5. The number of nitrogens with one attached hydrogen (secondary N) is 1. The van der Waals surface area contributed by atoms with Gasteiger partial charge in [0.2, 0.25) is 0 Å². The number of amides is 2. The molecule has 0 unspecified atom stereocenters. The Balaban J connectivity index is 1.63. The lowest BCUT2D eigenvalue weighted by atomic mass is 10.1. The first-order valence-corrected chi connectivity index (χ1v) is 8.87. The molecule has 27 heavy (non-hydrogen) atoms. The van der Waals surface area contributed by atoms with E-state index < -0.39 is 22.8 Å². The number of hydrogen-bond donors (Lipinski definition) is 1. The lowest BCUT2D eigenvalue weighted by Gasteiger charge is -2.36. The summed E-state index contributed by atoms with van der Waals surface area (Å²) in [5, 5.41) is 2.13. The van der Waals surface area contributed by atoms with E-state index in [4.69, 9.17) is 11.6 Å². The third-order valence-corrected chi connectivity index (χ3v) is 4.88. The summed E-state index contributed by atoms with van der Waals surface area (Å²) >= 11 is 5.60. The lowest BCUT2D eigenvalue weighted by molar-refractivity contribution is -0.137. The molecular formula is C19H19ClF3N3O. The van der Waals surface area contributed by atoms with Gasteiger partial charge in [0.05, 0.1) is 10.6 Å². The Morgan fingerprint density at radius 3 is 2.37 bits per heavy atom. The average Bonchev–Trinajstić information content (AvgIpc) is 2.63. The fourth-order valence-corrected chi connectivity index (χ4v) is 3.32. The van der Waals surface area contributed by atoms with Gasteiger partial charge in [0, 0.05) is 37.6 Å². The number of urea groups is 1. The number of nitrogens with zero attached hydrogens (tertiary/aromatic N) is 2. The third-order valence-electron chi connectivity index (χ3n) is 4.55. The predicted molar refractivity (Wildman–Crippen MR) is 100 cm³/mol. The van der Waals surface area contributed by atoms with Crippen LogP contribution >= 0.6 is 11.6 Å². The Labute approximate surface area is 160 Å². The van der Waals surface area contributed by atoms with E-state index in [2.05, 4.69) is 10.2 Å². The van der Waals surface area contributed by atoms with Crippen LogP contribution in [0.3, 0.4) is 0 Å². The molecule has 8 heteroatoms. The Bertz CT molecular complexity index is 833. The van der Waals surface area contributed by atoms with E-state index in [1.807, 2.05) is 31.2 Å². The number of hydrogen-bond acceptors (Lipinski definition) is 2. The minimum Gasteiger partial charge on any atom is -0.368 e. The summed E-state index contributed by atoms with van der Waals surface area (Å²) in [7, 11) is 0. The van der Waals surface area contributed by atoms with Crippen LogP contribution in [0.15, 0.2) is 42.5 Å². The zero-order chi connectivity index (χ0) is 19.6. The van der Waals surface area contributed by atoms with Gasteiger partial charge in [-0.3, -0.25) is 0 Å². The van der Waals surface area contributed by atoms with Crippen molar-refractivity contribution in [3.05, 3.63) is 58.6 Å². The fraction of sp³-hybridized carbons (Fsp3) is 0.316. The van der Waals surface area contributed by atoms with Crippen LogP contribution in [0.1, 0.15) is 11.1 Å². The number of halogens is 4. The molecule has 2 amide bonds. The molecule has 1 N–H and O–H groups in total. The van der Waals surface area contributed by atoms with Gasteiger partial charge in [-0.1, -0.05) is 29.8 Å². The number of carbonyl (C=O) groups is 1. The monoisotopic (exact) mass is 397 g/mol. The number of aryl methyl sites for hydroxylation is 1. The Kier molecular flexibility index (Phi) is 5.51. The zero-order valence-corrected chi connectivity index (χ0v) is 15.4. The summed E-state index contributed by atoms with van der Waals surface area (Å²) < 4.78 is 38.8. The first-order chi connectivity index (χ1) is 12.8. The van der Waals surface area contributed by atoms with Crippen molar-refractivity contribution < 1.29 is 18.0 Å². The minimum atomic E-state index is -4.57. The molecule has 0 spiro atoms. The van der Waals surface area contributed by atoms with E-state index in [0.717, 1.165) is 23.4 Å². The number of carbonyl (C=O) groups excluding carboxylic acids is 1. The molecule has 4 nitrogen and oxygen atoms in total. The number of alkyl halides is 3. The topological polar surface area (TPSA) is 35.6 Å². The highest BCUT2D eigenvalue weighted by Gasteiger charge is 2.33. The van der Waals surface area contributed by atoms with E-state index in [1.165, 1.54) is 6.07 Å². The second kappa shape index (κ2) is 7.68. The van der Waals surface area contributed by atoms with E-state index in [0.29, 0.717) is 26.2 Å². The molecule has 0 atom stereocenters. The van der Waals surface area contributed by atoms with Crippen LogP contribution in [0.5, 0.6) is 0 Å². The summed E-state index contributed by atoms with van der Waals surface area (Å²) in [6.07, 6.45) is -4.57. The number of para-hydroxylation sites is 1. The van der Waals surface area contributed by atoms with Gasteiger partial charge in [0.25, 0.3) is 0 Å². The van der Waals surface area contributed by atoms with Crippen LogP contribution < -0.4 is 10.2 Å². The maximum Gasteiger partial charge on any atom is 0.417 e. The van der Waals surface area contributed by atoms with Crippen molar-refractivity contribution in [1.29, 1.82) is 0 Å². The summed E-state index contributed by atoms with van der Waals surface area (Å²) in [6.45, 7) is 4.33. The molecule has 3 rings (SSSR count). The highest BCUT2D eigenvalue weighted by Crippen LogP contribution is 2.36. The first-order valence-electron chi connectivity index (χ1n) is 8.49. The van der Waals surface area contributed by atoms with Crippen molar-refractivity contribution >= 4 is 29.0 Å². The zero-order valence-electron chi connectivity index (χ0n) is 14.7. The SMILES string of the molecule is Cc1ccccc1N1CCN(C(=O)Nc2ccc(Cl)c(C(F)(F)F)c2)CC1. The predicted octanol–water partition coefficient (Wildman–Crippen LogP) is 5.02. The van der Waals surface area contributed by atoms with Gasteiger partial charge in [0.1, 0.15) is 0 Å². The molecule has 0 radical (unpaired) electrons. The molecule has 1 fully saturated rings. The molecule has 2 aromatic carbocycles. The van der Waals surface area contributed by atoms with E-state index in [1.54, 1.807) is 4.90 Å². The number of benzene rings is 2. The Hall–Kier alpha value is -2.41. The molecular weight excluding hydrogens is 379 g/mol. The van der Waals surface area contributed by atoms with Gasteiger partial charge < -0.3 is 15.1 Å². The standard InChI is InChI=1S/C19H19ClF3N3O/c1-13-4-2-3-5-17(13)25-8-10-26(11-9-25)18(27)24-14-6-7-16(20)15(12-14)19(21,22)23/h2-7,12H,8-11H2,1H3,(H,24,27). The number of rotatable bonds is 2. The molecule has 144 valence electrons. The molecule has 0 aromatic heterocycles. The average molecular weight is 398 g/mol. The van der Waals surface area contributed by atoms with Crippen molar-refractivity contribution in [2.45, 2.75) is 13.1 Å². The second-order valence-electron chi connectivity index (χ2n) is 6.38. The fourth-order valence-electron chi connectivity index (χ4n) is 3.09. The smallest absolute Gasteiger partial charge is 0.368 e. The van der Waals surface area contributed by atoms with Gasteiger partial charge in [-0.2, -0.15) is 13.2 Å². The third kappa shape index (κ3) is 4.47. The lowest BCUT2D eigenvalue weighted by Crippen LogP contribution is -2.50. The maximum atomic E-state index is 12.9. The molecule has 0 aliphatic carbocycles. The van der Waals surface area contributed by atoms with Crippen LogP contribution in [0.2, 0.25) is 5.02 Å². The molecule has 1 heterocycles. The summed E-state index contributed by atoms with van der Waals surface area (Å²) in [6, 6.07) is 10.9. The van der Waals surface area contributed by atoms with Crippen LogP contribution in [-0.2, 0) is 6.18 Å². The molecule has 1 saturated heterocycles. The molecule has 1 aliphatic heterocycles. The van der Waals surface area contributed by atoms with Gasteiger partial charge in [-0.05, 0) is 36.8 Å². The molecule has 0 bridgehead atoms. The first kappa shape index (κ1) is 19.4. The van der Waals surface area contributed by atoms with E-state index >= 15 is 0 Å². The van der Waals surface area contributed by atoms with Crippen LogP contribution in [0, 0.1) is 6.92 Å². The molecule has 1 aliphatic rings. The largest absolute Gasteiger partial charge is 0.417 e. The van der Waals surface area contributed by atoms with Crippen LogP contribution in [-0.4, -0.2) is 37.1 Å². The molecule has 2 aromatic rings. The van der Waals surface area contributed by atoms with E-state index in [-0.39, 0.29) is 5.69 Å². The van der Waals surface area contributed by atoms with Crippen LogP contribution in [0.25, 0.3) is 0 Å². The summed E-state index contributed by atoms with van der Waals surface area (Å²) in [5.41, 5.74) is 1.39. The highest BCUT2D eigenvalue weighted by molar-refractivity contribution is 6.31. The van der Waals surface area contributed by atoms with Crippen molar-refractivity contribution in [1.82, 2.24) is 4.90 Å². The minimum absolute atomic E-state index is 0.0676. The Morgan fingerprint density at radius 2 is 1.74 bits per heavy atom. The normalized spacial score (nSPS) is 15.0. The van der Waals surface area contributed by atoms with Crippen LogP contribution in [0.4, 0.5) is 29.3 Å².